The molecule has 160 valence electrons. The van der Waals surface area contributed by atoms with E-state index in [-0.39, 0.29) is 11.9 Å². The van der Waals surface area contributed by atoms with Crippen LogP contribution in [-0.4, -0.2) is 39.9 Å². The number of rotatable bonds is 5. The van der Waals surface area contributed by atoms with Gasteiger partial charge in [0.2, 0.25) is 0 Å². The third kappa shape index (κ3) is 4.32. The van der Waals surface area contributed by atoms with Crippen molar-refractivity contribution in [3.05, 3.63) is 64.4 Å². The van der Waals surface area contributed by atoms with Crippen LogP contribution in [0.25, 0.3) is 10.4 Å². The van der Waals surface area contributed by atoms with E-state index in [2.05, 4.69) is 15.3 Å². The number of aromatic nitrogens is 2. The number of anilines is 1. The molecule has 1 aliphatic heterocycles. The topological polar surface area (TPSA) is 58.1 Å². The summed E-state index contributed by atoms with van der Waals surface area (Å²) in [4.78, 5) is 25.7. The van der Waals surface area contributed by atoms with Crippen molar-refractivity contribution in [1.82, 2.24) is 14.9 Å². The molecular weight excluding hydrogens is 428 g/mol. The van der Waals surface area contributed by atoms with Crippen LogP contribution in [-0.2, 0) is 0 Å². The number of piperidine rings is 1. The highest BCUT2D eigenvalue weighted by Crippen LogP contribution is 2.55. The molecule has 5 nitrogen and oxygen atoms in total. The second kappa shape index (κ2) is 8.24. The largest absolute Gasteiger partial charge is 0.368 e. The third-order valence-corrected chi connectivity index (χ3v) is 7.65. The van der Waals surface area contributed by atoms with E-state index < -0.39 is 0 Å². The van der Waals surface area contributed by atoms with E-state index in [9.17, 15) is 4.79 Å². The minimum Gasteiger partial charge on any atom is -0.368 e. The number of amides is 1. The molecule has 0 bridgehead atoms. The number of aryl methyl sites for hydroxylation is 1. The van der Waals surface area contributed by atoms with E-state index in [0.29, 0.717) is 22.8 Å². The smallest absolute Gasteiger partial charge is 0.274 e. The van der Waals surface area contributed by atoms with E-state index in [1.807, 2.05) is 54.3 Å². The number of benzene rings is 1. The number of thiazole rings is 1. The average molecular weight is 453 g/mol. The number of likely N-dealkylation sites (tertiary alicyclic amines) is 1. The van der Waals surface area contributed by atoms with Gasteiger partial charge in [0, 0.05) is 19.1 Å². The fourth-order valence-electron chi connectivity index (χ4n) is 4.56. The molecule has 1 saturated carbocycles. The second-order valence-corrected chi connectivity index (χ2v) is 10.2. The van der Waals surface area contributed by atoms with Gasteiger partial charge in [-0.15, -0.1) is 11.3 Å². The summed E-state index contributed by atoms with van der Waals surface area (Å²) in [5, 5.41) is 4.78. The Labute approximate surface area is 191 Å². The lowest BCUT2D eigenvalue weighted by atomic mass is 9.87. The van der Waals surface area contributed by atoms with Crippen LogP contribution in [0.15, 0.2) is 48.5 Å². The van der Waals surface area contributed by atoms with Crippen LogP contribution >= 0.6 is 22.9 Å². The van der Waals surface area contributed by atoms with Gasteiger partial charge in [-0.25, -0.2) is 9.97 Å². The molecule has 0 unspecified atom stereocenters. The Balaban J connectivity index is 1.40. The van der Waals surface area contributed by atoms with E-state index in [1.54, 1.807) is 17.4 Å². The van der Waals surface area contributed by atoms with Gasteiger partial charge in [0.1, 0.15) is 16.7 Å². The highest BCUT2D eigenvalue weighted by Gasteiger charge is 2.49. The van der Waals surface area contributed by atoms with Gasteiger partial charge >= 0.3 is 0 Å². The average Bonchev–Trinajstić information content (AvgIpc) is 3.41. The van der Waals surface area contributed by atoms with Gasteiger partial charge in [0.25, 0.3) is 5.91 Å². The molecule has 1 aliphatic carbocycles. The monoisotopic (exact) mass is 452 g/mol. The molecule has 1 N–H and O–H groups in total. The minimum absolute atomic E-state index is 0.0320. The maximum absolute atomic E-state index is 13.7. The van der Waals surface area contributed by atoms with E-state index >= 15 is 0 Å². The van der Waals surface area contributed by atoms with Crippen LogP contribution in [0.2, 0.25) is 5.15 Å². The van der Waals surface area contributed by atoms with Crippen molar-refractivity contribution in [2.45, 2.75) is 38.6 Å². The van der Waals surface area contributed by atoms with Crippen LogP contribution in [0.4, 0.5) is 5.82 Å². The lowest BCUT2D eigenvalue weighted by Crippen LogP contribution is -2.50. The molecule has 1 aromatic carbocycles. The molecule has 7 heteroatoms. The fraction of sp³-hybridized carbons (Fsp3) is 0.375. The van der Waals surface area contributed by atoms with Gasteiger partial charge in [0.15, 0.2) is 0 Å². The number of hydrogen-bond acceptors (Lipinski definition) is 5. The maximum Gasteiger partial charge on any atom is 0.274 e. The number of pyridine rings is 1. The third-order valence-electron chi connectivity index (χ3n) is 6.42. The Morgan fingerprint density at radius 3 is 2.71 bits per heavy atom. The molecule has 2 fully saturated rings. The number of carbonyl (C=O) groups is 1. The molecule has 1 saturated heterocycles. The van der Waals surface area contributed by atoms with E-state index in [0.717, 1.165) is 40.7 Å². The number of nitrogens with zero attached hydrogens (tertiary/aromatic N) is 3. The number of halogens is 1. The molecule has 2 aliphatic rings. The molecule has 1 amide bonds. The van der Waals surface area contributed by atoms with Crippen molar-refractivity contribution in [3.8, 4) is 10.4 Å². The van der Waals surface area contributed by atoms with Crippen molar-refractivity contribution >= 4 is 34.7 Å². The standard InChI is InChI=1S/C24H25ClN4OS/c1-16-27-21(22(31-16)17-6-3-2-4-7-17)23(30)29-13-12-24(10-11-24)14-18(29)15-26-20-9-5-8-19(25)28-20/h2-9,18H,10-15H2,1H3,(H,26,28)/t18-/m0/s1. The summed E-state index contributed by atoms with van der Waals surface area (Å²) in [6, 6.07) is 15.7. The molecule has 3 heterocycles. The van der Waals surface area contributed by atoms with Crippen LogP contribution in [0.1, 0.15) is 41.2 Å². The lowest BCUT2D eigenvalue weighted by molar-refractivity contribution is 0.0541. The Morgan fingerprint density at radius 1 is 1.16 bits per heavy atom. The molecule has 2 aromatic heterocycles. The van der Waals surface area contributed by atoms with E-state index in [1.165, 1.54) is 12.8 Å². The van der Waals surface area contributed by atoms with Crippen LogP contribution < -0.4 is 5.32 Å². The first-order valence-electron chi connectivity index (χ1n) is 10.7. The molecule has 3 aromatic rings. The summed E-state index contributed by atoms with van der Waals surface area (Å²) in [5.41, 5.74) is 2.04. The van der Waals surface area contributed by atoms with Gasteiger partial charge in [-0.2, -0.15) is 0 Å². The summed E-state index contributed by atoms with van der Waals surface area (Å²) < 4.78 is 0. The second-order valence-electron chi connectivity index (χ2n) is 8.61. The Morgan fingerprint density at radius 2 is 1.97 bits per heavy atom. The fourth-order valence-corrected chi connectivity index (χ4v) is 5.63. The first-order valence-corrected chi connectivity index (χ1v) is 11.9. The first kappa shape index (κ1) is 20.5. The first-order chi connectivity index (χ1) is 15.0. The van der Waals surface area contributed by atoms with Gasteiger partial charge in [-0.1, -0.05) is 48.0 Å². The van der Waals surface area contributed by atoms with Gasteiger partial charge < -0.3 is 10.2 Å². The Bertz CT molecular complexity index is 1100. The van der Waals surface area contributed by atoms with Crippen LogP contribution in [0, 0.1) is 12.3 Å². The summed E-state index contributed by atoms with van der Waals surface area (Å²) in [7, 11) is 0. The Kier molecular flexibility index (Phi) is 5.44. The molecule has 31 heavy (non-hydrogen) atoms. The predicted octanol–water partition coefficient (Wildman–Crippen LogP) is 5.66. The van der Waals surface area contributed by atoms with Gasteiger partial charge in [0.05, 0.1) is 9.88 Å². The number of hydrogen-bond donors (Lipinski definition) is 1. The van der Waals surface area contributed by atoms with Crippen molar-refractivity contribution in [2.24, 2.45) is 5.41 Å². The molecule has 0 radical (unpaired) electrons. The summed E-state index contributed by atoms with van der Waals surface area (Å²) in [5.74, 6) is 0.773. The lowest BCUT2D eigenvalue weighted by Gasteiger charge is -2.40. The number of carbonyl (C=O) groups excluding carboxylic acids is 1. The van der Waals surface area contributed by atoms with Gasteiger partial charge in [-0.3, -0.25) is 4.79 Å². The highest BCUT2D eigenvalue weighted by molar-refractivity contribution is 7.15. The summed E-state index contributed by atoms with van der Waals surface area (Å²) in [6.45, 7) is 3.40. The zero-order chi connectivity index (χ0) is 21.4. The molecule has 5 rings (SSSR count). The molecule has 1 spiro atoms. The Hall–Kier alpha value is -2.44. The van der Waals surface area contributed by atoms with Crippen LogP contribution in [0.5, 0.6) is 0 Å². The van der Waals surface area contributed by atoms with Crippen molar-refractivity contribution in [2.75, 3.05) is 18.4 Å². The predicted molar refractivity (Wildman–Crippen MR) is 126 cm³/mol. The number of nitrogens with one attached hydrogen (secondary N) is 1. The SMILES string of the molecule is Cc1nc(C(=O)N2CCC3(CC3)C[C@H]2CNc2cccc(Cl)n2)c(-c2ccccc2)s1. The highest BCUT2D eigenvalue weighted by atomic mass is 35.5. The van der Waals surface area contributed by atoms with Crippen molar-refractivity contribution < 1.29 is 4.79 Å². The van der Waals surface area contributed by atoms with Crippen LogP contribution in [0.3, 0.4) is 0 Å². The normalized spacial score (nSPS) is 19.4. The maximum atomic E-state index is 13.7. The summed E-state index contributed by atoms with van der Waals surface area (Å²) in [6.07, 6.45) is 4.64. The van der Waals surface area contributed by atoms with E-state index in [4.69, 9.17) is 11.6 Å². The van der Waals surface area contributed by atoms with Crippen molar-refractivity contribution in [1.29, 1.82) is 0 Å². The quantitative estimate of drug-likeness (QED) is 0.507. The molecule has 1 atom stereocenters. The molecular formula is C24H25ClN4OS. The minimum atomic E-state index is 0.0320. The zero-order valence-corrected chi connectivity index (χ0v) is 19.0. The zero-order valence-electron chi connectivity index (χ0n) is 17.5. The van der Waals surface area contributed by atoms with Gasteiger partial charge in [-0.05, 0) is 55.7 Å². The summed E-state index contributed by atoms with van der Waals surface area (Å²) >= 11 is 7.62. The van der Waals surface area contributed by atoms with Crippen molar-refractivity contribution in [3.63, 3.8) is 0 Å².